The lowest BCUT2D eigenvalue weighted by Gasteiger charge is -2.38. The van der Waals surface area contributed by atoms with Crippen molar-refractivity contribution in [2.75, 3.05) is 0 Å². The van der Waals surface area contributed by atoms with Crippen LogP contribution >= 0.6 is 0 Å². The molecule has 0 bridgehead atoms. The quantitative estimate of drug-likeness (QED) is 0.889. The minimum absolute atomic E-state index is 0.0280. The van der Waals surface area contributed by atoms with Gasteiger partial charge in [-0.2, -0.15) is 0 Å². The summed E-state index contributed by atoms with van der Waals surface area (Å²) in [5.41, 5.74) is 0.776. The van der Waals surface area contributed by atoms with Gasteiger partial charge in [-0.1, -0.05) is 6.92 Å². The largest absolute Gasteiger partial charge is 0.342 e. The number of aromatic nitrogens is 2. The lowest BCUT2D eigenvalue weighted by molar-refractivity contribution is -0.150. The maximum Gasteiger partial charge on any atom is 0.246 e. The van der Waals surface area contributed by atoms with Crippen molar-refractivity contribution in [3.05, 3.63) is 23.8 Å². The molecule has 6 heteroatoms. The number of piperazine rings is 1. The summed E-state index contributed by atoms with van der Waals surface area (Å²) in [6.45, 7) is 4.11. The molecule has 2 fully saturated rings. The first-order valence-electron chi connectivity index (χ1n) is 7.49. The standard InChI is InChI=1S/C15H20N4O2/c1-3-12-14(20)18-13(10-4-5-10)15(21)19(12)8-11-6-7-16-9(2)17-11/h6-7,10,12-13H,3-5,8H2,1-2H3,(H,18,20). The van der Waals surface area contributed by atoms with E-state index < -0.39 is 6.04 Å². The number of carbonyl (C=O) groups is 2. The van der Waals surface area contributed by atoms with Gasteiger partial charge in [0.25, 0.3) is 0 Å². The third-order valence-corrected chi connectivity index (χ3v) is 4.17. The van der Waals surface area contributed by atoms with E-state index in [4.69, 9.17) is 0 Å². The van der Waals surface area contributed by atoms with Crippen molar-refractivity contribution in [1.29, 1.82) is 0 Å². The second-order valence-electron chi connectivity index (χ2n) is 5.81. The van der Waals surface area contributed by atoms with Gasteiger partial charge in [-0.3, -0.25) is 9.59 Å². The molecule has 1 saturated carbocycles. The van der Waals surface area contributed by atoms with Gasteiger partial charge in [0.1, 0.15) is 17.9 Å². The number of rotatable bonds is 4. The Morgan fingerprint density at radius 3 is 2.76 bits per heavy atom. The molecule has 2 amide bonds. The van der Waals surface area contributed by atoms with Gasteiger partial charge in [-0.15, -0.1) is 0 Å². The minimum Gasteiger partial charge on any atom is -0.342 e. The molecule has 1 saturated heterocycles. The highest BCUT2D eigenvalue weighted by Gasteiger charge is 2.46. The Hall–Kier alpha value is -1.98. The number of carbonyl (C=O) groups excluding carboxylic acids is 2. The minimum atomic E-state index is -0.400. The van der Waals surface area contributed by atoms with Crippen molar-refractivity contribution in [3.8, 4) is 0 Å². The predicted octanol–water partition coefficient (Wildman–Crippen LogP) is 0.801. The van der Waals surface area contributed by atoms with E-state index in [1.165, 1.54) is 0 Å². The molecule has 1 aromatic rings. The zero-order valence-electron chi connectivity index (χ0n) is 12.4. The summed E-state index contributed by atoms with van der Waals surface area (Å²) in [5.74, 6) is 0.974. The van der Waals surface area contributed by atoms with Crippen LogP contribution in [0.1, 0.15) is 37.7 Å². The van der Waals surface area contributed by atoms with Crippen LogP contribution in [0.3, 0.4) is 0 Å². The Morgan fingerprint density at radius 2 is 2.14 bits per heavy atom. The summed E-state index contributed by atoms with van der Waals surface area (Å²) in [6.07, 6.45) is 4.34. The molecule has 1 aromatic heterocycles. The molecule has 2 atom stereocenters. The molecule has 2 aliphatic rings. The van der Waals surface area contributed by atoms with Gasteiger partial charge in [0.15, 0.2) is 0 Å². The SMILES string of the molecule is CCC1C(=O)NC(C2CC2)C(=O)N1Cc1ccnc(C)n1. The van der Waals surface area contributed by atoms with E-state index in [2.05, 4.69) is 15.3 Å². The van der Waals surface area contributed by atoms with Crippen molar-refractivity contribution in [3.63, 3.8) is 0 Å². The number of nitrogens with zero attached hydrogens (tertiary/aromatic N) is 3. The van der Waals surface area contributed by atoms with Crippen LogP contribution in [0, 0.1) is 12.8 Å². The Bertz CT molecular complexity index is 571. The Morgan fingerprint density at radius 1 is 1.38 bits per heavy atom. The fraction of sp³-hybridized carbons (Fsp3) is 0.600. The molecule has 1 aliphatic heterocycles. The molecule has 2 heterocycles. The van der Waals surface area contributed by atoms with Gasteiger partial charge in [0, 0.05) is 6.20 Å². The maximum absolute atomic E-state index is 12.7. The van der Waals surface area contributed by atoms with Gasteiger partial charge in [-0.25, -0.2) is 9.97 Å². The third kappa shape index (κ3) is 2.75. The average Bonchev–Trinajstić information content (AvgIpc) is 3.27. The molecule has 0 radical (unpaired) electrons. The number of nitrogens with one attached hydrogen (secondary N) is 1. The average molecular weight is 288 g/mol. The van der Waals surface area contributed by atoms with Gasteiger partial charge < -0.3 is 10.2 Å². The Labute approximate surface area is 124 Å². The van der Waals surface area contributed by atoms with Crippen LogP contribution in [-0.2, 0) is 16.1 Å². The topological polar surface area (TPSA) is 75.2 Å². The van der Waals surface area contributed by atoms with Crippen molar-refractivity contribution in [1.82, 2.24) is 20.2 Å². The molecule has 0 aromatic carbocycles. The molecule has 6 nitrogen and oxygen atoms in total. The smallest absolute Gasteiger partial charge is 0.246 e. The molecular formula is C15H20N4O2. The van der Waals surface area contributed by atoms with Gasteiger partial charge in [0.05, 0.1) is 12.2 Å². The van der Waals surface area contributed by atoms with Crippen molar-refractivity contribution < 1.29 is 9.59 Å². The van der Waals surface area contributed by atoms with E-state index in [0.29, 0.717) is 24.7 Å². The highest BCUT2D eigenvalue weighted by molar-refractivity contribution is 5.97. The van der Waals surface area contributed by atoms with Crippen LogP contribution < -0.4 is 5.32 Å². The molecule has 0 spiro atoms. The number of hydrogen-bond acceptors (Lipinski definition) is 4. The highest BCUT2D eigenvalue weighted by Crippen LogP contribution is 2.35. The lowest BCUT2D eigenvalue weighted by atomic mass is 10.0. The van der Waals surface area contributed by atoms with Crippen molar-refractivity contribution in [2.24, 2.45) is 5.92 Å². The fourth-order valence-electron chi connectivity index (χ4n) is 2.90. The summed E-state index contributed by atoms with van der Waals surface area (Å²) in [4.78, 5) is 35.0. The summed E-state index contributed by atoms with van der Waals surface area (Å²) in [7, 11) is 0. The molecule has 1 aliphatic carbocycles. The van der Waals surface area contributed by atoms with Gasteiger partial charge >= 0.3 is 0 Å². The zero-order valence-corrected chi connectivity index (χ0v) is 12.4. The monoisotopic (exact) mass is 288 g/mol. The highest BCUT2D eigenvalue weighted by atomic mass is 16.2. The van der Waals surface area contributed by atoms with E-state index in [1.807, 2.05) is 13.8 Å². The van der Waals surface area contributed by atoms with E-state index in [-0.39, 0.29) is 17.9 Å². The summed E-state index contributed by atoms with van der Waals surface area (Å²) >= 11 is 0. The number of hydrogen-bond donors (Lipinski definition) is 1. The van der Waals surface area contributed by atoms with Gasteiger partial charge in [0.2, 0.25) is 11.8 Å². The molecule has 2 unspecified atom stereocenters. The summed E-state index contributed by atoms with van der Waals surface area (Å²) < 4.78 is 0. The lowest BCUT2D eigenvalue weighted by Crippen LogP contribution is -2.63. The second-order valence-corrected chi connectivity index (χ2v) is 5.81. The summed E-state index contributed by atoms with van der Waals surface area (Å²) in [6, 6.07) is 1.05. The molecule has 21 heavy (non-hydrogen) atoms. The van der Waals surface area contributed by atoms with Gasteiger partial charge in [-0.05, 0) is 38.2 Å². The molecule has 1 N–H and O–H groups in total. The van der Waals surface area contributed by atoms with Crippen LogP contribution in [0.15, 0.2) is 12.3 Å². The van der Waals surface area contributed by atoms with E-state index in [9.17, 15) is 9.59 Å². The molecule has 112 valence electrons. The van der Waals surface area contributed by atoms with Crippen LogP contribution in [0.25, 0.3) is 0 Å². The first kappa shape index (κ1) is 14.0. The van der Waals surface area contributed by atoms with E-state index in [1.54, 1.807) is 17.2 Å². The van der Waals surface area contributed by atoms with Crippen LogP contribution in [0.2, 0.25) is 0 Å². The first-order valence-corrected chi connectivity index (χ1v) is 7.49. The van der Waals surface area contributed by atoms with Crippen LogP contribution in [-0.4, -0.2) is 38.8 Å². The van der Waals surface area contributed by atoms with Crippen LogP contribution in [0.5, 0.6) is 0 Å². The number of amides is 2. The van der Waals surface area contributed by atoms with E-state index >= 15 is 0 Å². The first-order chi connectivity index (χ1) is 10.1. The maximum atomic E-state index is 12.7. The molecular weight excluding hydrogens is 268 g/mol. The van der Waals surface area contributed by atoms with Crippen molar-refractivity contribution >= 4 is 11.8 Å². The summed E-state index contributed by atoms with van der Waals surface area (Å²) in [5, 5.41) is 2.89. The van der Waals surface area contributed by atoms with E-state index in [0.717, 1.165) is 18.5 Å². The zero-order chi connectivity index (χ0) is 15.0. The predicted molar refractivity (Wildman–Crippen MR) is 76.1 cm³/mol. The van der Waals surface area contributed by atoms with Crippen LogP contribution in [0.4, 0.5) is 0 Å². The molecule has 3 rings (SSSR count). The Kier molecular flexibility index (Phi) is 3.61. The normalized spacial score (nSPS) is 25.9. The number of aryl methyl sites for hydroxylation is 1. The third-order valence-electron chi connectivity index (χ3n) is 4.17. The fourth-order valence-corrected chi connectivity index (χ4v) is 2.90. The van der Waals surface area contributed by atoms with Crippen molar-refractivity contribution in [2.45, 2.75) is 51.7 Å². The Balaban J connectivity index is 1.84. The second kappa shape index (κ2) is 5.42.